The van der Waals surface area contributed by atoms with Crippen molar-refractivity contribution in [2.24, 2.45) is 11.8 Å². The number of amides is 2. The smallest absolute Gasteiger partial charge is 0.339 e. The maximum absolute atomic E-state index is 14.4. The number of esters is 2. The molecule has 1 N–H and O–H groups in total. The fourth-order valence-corrected chi connectivity index (χ4v) is 15.3. The highest BCUT2D eigenvalue weighted by atomic mass is 32.2. The minimum atomic E-state index is -4.17. The number of aromatic nitrogens is 2. The van der Waals surface area contributed by atoms with Gasteiger partial charge in [-0.3, -0.25) is 14.5 Å². The maximum atomic E-state index is 14.4. The summed E-state index contributed by atoms with van der Waals surface area (Å²) in [6.45, 7) is 11.2. The molecule has 0 bridgehead atoms. The normalized spacial score (nSPS) is 18.2. The standard InChI is InChI=1S/C31H37N3O6S.C26H29N3O5S/c1-21-9-14-32(15-10-21)30(35)22-7-8-27-25(19-22)26-20-33(23-12-17-40-18-13-23)16-11-28(26)34(27)41(37,38)29-6-4-3-5-24(29)31(36)39-2;1-17-10-13-28(14-11-17)25(30)18-7-8-22-20(15-18)21-16-27-12-9-23(21)29(22)35(32,33)24-6-4-3-5-19(24)26(31)34-2/h3-8,19,21,23H,9-18,20H2,1-2H3;3-8,15,17,27H,9-14,16H2,1-2H3. The largest absolute Gasteiger partial charge is 0.465 e. The number of likely N-dealkylation sites (tertiary alicyclic amines) is 2. The average molecular weight is 1080 g/mol. The lowest BCUT2D eigenvalue weighted by molar-refractivity contribution is 0.0290. The van der Waals surface area contributed by atoms with Gasteiger partial charge in [-0.15, -0.1) is 0 Å². The molecule has 7 heterocycles. The molecule has 17 nitrogen and oxygen atoms in total. The Labute approximate surface area is 444 Å². The third-order valence-electron chi connectivity index (χ3n) is 16.1. The SMILES string of the molecule is COC(=O)c1ccccc1S(=O)(=O)n1c2c(c3cc(C(=O)N4CCC(C)CC4)ccc31)CN(C1CCOCC1)CC2.COC(=O)c1ccccc1S(=O)(=O)n1c2c(c3cc(C(=O)N4CCC(C)CC4)ccc31)CNCC2. The van der Waals surface area contributed by atoms with E-state index in [1.807, 2.05) is 21.9 Å². The molecule has 4 aromatic carbocycles. The third-order valence-corrected chi connectivity index (χ3v) is 19.7. The van der Waals surface area contributed by atoms with Crippen molar-refractivity contribution in [1.82, 2.24) is 28.0 Å². The van der Waals surface area contributed by atoms with Gasteiger partial charge in [0.25, 0.3) is 31.9 Å². The minimum Gasteiger partial charge on any atom is -0.465 e. The molecule has 76 heavy (non-hydrogen) atoms. The van der Waals surface area contributed by atoms with Crippen LogP contribution < -0.4 is 5.32 Å². The van der Waals surface area contributed by atoms with E-state index in [1.54, 1.807) is 48.5 Å². The lowest BCUT2D eigenvalue weighted by Crippen LogP contribution is -2.42. The van der Waals surface area contributed by atoms with E-state index >= 15 is 0 Å². The molecule has 6 aromatic rings. The van der Waals surface area contributed by atoms with Gasteiger partial charge in [-0.2, -0.15) is 0 Å². The first kappa shape index (κ1) is 53.0. The number of nitrogens with zero attached hydrogens (tertiary/aromatic N) is 5. The van der Waals surface area contributed by atoms with Crippen LogP contribution >= 0.6 is 0 Å². The number of carbonyl (C=O) groups excluding carboxylic acids is 4. The summed E-state index contributed by atoms with van der Waals surface area (Å²) in [7, 11) is -5.82. The third kappa shape index (κ3) is 9.96. The second-order valence-corrected chi connectivity index (χ2v) is 24.3. The highest BCUT2D eigenvalue weighted by molar-refractivity contribution is 7.90. The molecule has 0 unspecified atom stereocenters. The zero-order valence-electron chi connectivity index (χ0n) is 43.6. The number of carbonyl (C=O) groups is 4. The first-order valence-corrected chi connectivity index (χ1v) is 29.3. The van der Waals surface area contributed by atoms with Crippen molar-refractivity contribution >= 4 is 65.6 Å². The molecular formula is C57H66N6O11S2. The van der Waals surface area contributed by atoms with Crippen LogP contribution in [0, 0.1) is 11.8 Å². The van der Waals surface area contributed by atoms with E-state index in [9.17, 15) is 36.0 Å². The summed E-state index contributed by atoms with van der Waals surface area (Å²) in [4.78, 5) is 57.7. The number of ether oxygens (including phenoxy) is 3. The van der Waals surface area contributed by atoms with Crippen LogP contribution in [-0.4, -0.2) is 136 Å². The van der Waals surface area contributed by atoms with Crippen LogP contribution in [0.4, 0.5) is 0 Å². The summed E-state index contributed by atoms with van der Waals surface area (Å²) in [6.07, 6.45) is 6.87. The maximum Gasteiger partial charge on any atom is 0.339 e. The summed E-state index contributed by atoms with van der Waals surface area (Å²) in [6, 6.07) is 23.2. The Hall–Kier alpha value is -6.38. The second kappa shape index (κ2) is 21.9. The summed E-state index contributed by atoms with van der Waals surface area (Å²) < 4.78 is 74.7. The van der Waals surface area contributed by atoms with E-state index < -0.39 is 32.0 Å². The molecule has 0 aliphatic carbocycles. The molecule has 3 saturated heterocycles. The van der Waals surface area contributed by atoms with E-state index in [0.717, 1.165) is 106 Å². The number of rotatable bonds is 9. The predicted octanol–water partition coefficient (Wildman–Crippen LogP) is 7.26. The molecule has 2 aromatic heterocycles. The molecule has 19 heteroatoms. The molecule has 3 fully saturated rings. The van der Waals surface area contributed by atoms with Gasteiger partial charge < -0.3 is 29.3 Å². The van der Waals surface area contributed by atoms with Crippen molar-refractivity contribution in [3.05, 3.63) is 130 Å². The van der Waals surface area contributed by atoms with Crippen LogP contribution in [0.1, 0.15) is 116 Å². The van der Waals surface area contributed by atoms with E-state index in [2.05, 4.69) is 24.1 Å². The molecular weight excluding hydrogens is 1010 g/mol. The molecule has 5 aliphatic rings. The van der Waals surface area contributed by atoms with Crippen LogP contribution in [-0.2, 0) is 60.2 Å². The summed E-state index contributed by atoms with van der Waals surface area (Å²) >= 11 is 0. The average Bonchev–Trinajstić information content (AvgIpc) is 4.02. The molecule has 0 atom stereocenters. The van der Waals surface area contributed by atoms with Crippen LogP contribution in [0.3, 0.4) is 0 Å². The Morgan fingerprint density at radius 1 is 0.579 bits per heavy atom. The Kier molecular flexibility index (Phi) is 15.3. The number of hydrogen-bond acceptors (Lipinski definition) is 13. The van der Waals surface area contributed by atoms with Gasteiger partial charge in [0, 0.05) is 118 Å². The van der Waals surface area contributed by atoms with Crippen molar-refractivity contribution in [3.63, 3.8) is 0 Å². The zero-order valence-corrected chi connectivity index (χ0v) is 45.2. The van der Waals surface area contributed by atoms with Crippen LogP contribution in [0.15, 0.2) is 94.7 Å². The fraction of sp³-hybridized carbons (Fsp3) is 0.439. The predicted molar refractivity (Wildman–Crippen MR) is 287 cm³/mol. The molecule has 0 radical (unpaired) electrons. The van der Waals surface area contributed by atoms with Crippen molar-refractivity contribution < 1.29 is 50.2 Å². The lowest BCUT2D eigenvalue weighted by atomic mass is 9.97. The summed E-state index contributed by atoms with van der Waals surface area (Å²) in [5.74, 6) is -0.230. The first-order valence-electron chi connectivity index (χ1n) is 26.4. The van der Waals surface area contributed by atoms with E-state index in [1.165, 1.54) is 46.4 Å². The Bertz CT molecular complexity index is 3460. The fourth-order valence-electron chi connectivity index (χ4n) is 11.7. The highest BCUT2D eigenvalue weighted by Crippen LogP contribution is 2.38. The van der Waals surface area contributed by atoms with Gasteiger partial charge in [-0.05, 0) is 122 Å². The van der Waals surface area contributed by atoms with E-state index in [4.69, 9.17) is 14.2 Å². The van der Waals surface area contributed by atoms with Gasteiger partial charge >= 0.3 is 11.9 Å². The quantitative estimate of drug-likeness (QED) is 0.142. The Morgan fingerprint density at radius 2 is 1.04 bits per heavy atom. The summed E-state index contributed by atoms with van der Waals surface area (Å²) in [5, 5.41) is 4.82. The first-order chi connectivity index (χ1) is 36.6. The number of nitrogens with one attached hydrogen (secondary N) is 1. The van der Waals surface area contributed by atoms with E-state index in [0.29, 0.717) is 83.9 Å². The highest BCUT2D eigenvalue weighted by Gasteiger charge is 2.36. The van der Waals surface area contributed by atoms with Gasteiger partial charge in [0.2, 0.25) is 0 Å². The minimum absolute atomic E-state index is 0.00336. The molecule has 2 amide bonds. The van der Waals surface area contributed by atoms with Gasteiger partial charge in [-0.1, -0.05) is 38.1 Å². The number of benzene rings is 4. The van der Waals surface area contributed by atoms with Crippen LogP contribution in [0.25, 0.3) is 21.8 Å². The lowest BCUT2D eigenvalue weighted by Gasteiger charge is -2.37. The molecule has 11 rings (SSSR count). The molecule has 5 aliphatic heterocycles. The second-order valence-electron chi connectivity index (χ2n) is 20.8. The zero-order chi connectivity index (χ0) is 53.5. The number of piperidine rings is 2. The Balaban J connectivity index is 0.000000175. The van der Waals surface area contributed by atoms with Crippen LogP contribution in [0.5, 0.6) is 0 Å². The van der Waals surface area contributed by atoms with Crippen molar-refractivity contribution in [2.45, 2.75) is 94.1 Å². The topological polar surface area (TPSA) is 196 Å². The molecule has 402 valence electrons. The van der Waals surface area contributed by atoms with Gasteiger partial charge in [-0.25, -0.2) is 34.4 Å². The molecule has 0 spiro atoms. The van der Waals surface area contributed by atoms with Gasteiger partial charge in [0.05, 0.1) is 36.4 Å². The van der Waals surface area contributed by atoms with Crippen molar-refractivity contribution in [3.8, 4) is 0 Å². The van der Waals surface area contributed by atoms with Crippen molar-refractivity contribution in [1.29, 1.82) is 0 Å². The van der Waals surface area contributed by atoms with Gasteiger partial charge in [0.1, 0.15) is 9.79 Å². The van der Waals surface area contributed by atoms with E-state index in [-0.39, 0.29) is 32.7 Å². The van der Waals surface area contributed by atoms with Crippen LogP contribution in [0.2, 0.25) is 0 Å². The number of hydrogen-bond donors (Lipinski definition) is 1. The Morgan fingerprint density at radius 3 is 1.53 bits per heavy atom. The van der Waals surface area contributed by atoms with Crippen molar-refractivity contribution in [2.75, 3.05) is 66.7 Å². The summed E-state index contributed by atoms with van der Waals surface area (Å²) in [5.41, 5.74) is 5.32. The monoisotopic (exact) mass is 1070 g/mol. The number of fused-ring (bicyclic) bond motifs is 6. The van der Waals surface area contributed by atoms with Gasteiger partial charge in [0.15, 0.2) is 0 Å². The molecule has 0 saturated carbocycles. The number of methoxy groups -OCH3 is 2.